The maximum atomic E-state index is 12.7. The van der Waals surface area contributed by atoms with E-state index in [1.165, 1.54) is 6.26 Å². The fourth-order valence-electron chi connectivity index (χ4n) is 2.88. The van der Waals surface area contributed by atoms with Crippen molar-refractivity contribution in [3.63, 3.8) is 0 Å². The van der Waals surface area contributed by atoms with Crippen LogP contribution in [0.5, 0.6) is 0 Å². The summed E-state index contributed by atoms with van der Waals surface area (Å²) in [4.78, 5) is 19.7. The van der Waals surface area contributed by atoms with Crippen LogP contribution in [0.2, 0.25) is 0 Å². The number of rotatable bonds is 7. The molecule has 0 saturated carbocycles. The predicted octanol–water partition coefficient (Wildman–Crippen LogP) is 4.55. The fourth-order valence-corrected chi connectivity index (χ4v) is 3.65. The van der Waals surface area contributed by atoms with Gasteiger partial charge < -0.3 is 14.3 Å². The lowest BCUT2D eigenvalue weighted by atomic mass is 10.2. The molecule has 162 valence electrons. The number of hydrogen-bond donors (Lipinski definition) is 1. The lowest BCUT2D eigenvalue weighted by Gasteiger charge is -2.12. The van der Waals surface area contributed by atoms with E-state index in [-0.39, 0.29) is 23.2 Å². The molecular formula is C20H18F3N5O2S. The van der Waals surface area contributed by atoms with Crippen LogP contribution in [0.25, 0.3) is 0 Å². The average molecular weight is 449 g/mol. The van der Waals surface area contributed by atoms with Crippen molar-refractivity contribution in [1.82, 2.24) is 14.5 Å². The lowest BCUT2D eigenvalue weighted by molar-refractivity contribution is -0.141. The van der Waals surface area contributed by atoms with Gasteiger partial charge in [-0.15, -0.1) is 0 Å². The van der Waals surface area contributed by atoms with Gasteiger partial charge >= 0.3 is 6.18 Å². The summed E-state index contributed by atoms with van der Waals surface area (Å²) in [5.41, 5.74) is 0.882. The standard InChI is InChI=1S/C20H18F3N5O2S/c1-12-13(2)28(11-14-4-3-8-30-14)18(15(12)10-24)27-17(29)6-9-31-19-25-7-5-16(26-19)20(21,22)23/h3-5,7-8H,6,9,11H2,1-2H3,(H,27,29). The number of nitrogens with zero attached hydrogens (tertiary/aromatic N) is 4. The Morgan fingerprint density at radius 2 is 2.13 bits per heavy atom. The number of anilines is 1. The number of carbonyl (C=O) groups excluding carboxylic acids is 1. The van der Waals surface area contributed by atoms with Crippen LogP contribution < -0.4 is 5.32 Å². The molecule has 0 aliphatic heterocycles. The van der Waals surface area contributed by atoms with Gasteiger partial charge in [-0.1, -0.05) is 11.8 Å². The second kappa shape index (κ2) is 9.26. The van der Waals surface area contributed by atoms with E-state index >= 15 is 0 Å². The van der Waals surface area contributed by atoms with Crippen LogP contribution in [-0.2, 0) is 17.5 Å². The van der Waals surface area contributed by atoms with Gasteiger partial charge in [0.05, 0.1) is 18.4 Å². The molecule has 0 unspecified atom stereocenters. The fraction of sp³-hybridized carbons (Fsp3) is 0.300. The number of halogens is 3. The van der Waals surface area contributed by atoms with E-state index in [1.807, 2.05) is 6.92 Å². The average Bonchev–Trinajstić information content (AvgIpc) is 3.31. The van der Waals surface area contributed by atoms with Crippen LogP contribution in [0.4, 0.5) is 19.0 Å². The summed E-state index contributed by atoms with van der Waals surface area (Å²) >= 11 is 0.946. The highest BCUT2D eigenvalue weighted by Gasteiger charge is 2.32. The number of furan rings is 1. The molecule has 1 amide bonds. The first-order chi connectivity index (χ1) is 14.7. The van der Waals surface area contributed by atoms with Crippen LogP contribution in [0.1, 0.15) is 34.7 Å². The molecule has 0 atom stereocenters. The van der Waals surface area contributed by atoms with E-state index < -0.39 is 11.9 Å². The molecule has 0 fully saturated rings. The highest BCUT2D eigenvalue weighted by Crippen LogP contribution is 2.29. The van der Waals surface area contributed by atoms with Crippen molar-refractivity contribution in [2.45, 2.75) is 38.1 Å². The Hall–Kier alpha value is -3.26. The monoisotopic (exact) mass is 449 g/mol. The molecular weight excluding hydrogens is 431 g/mol. The van der Waals surface area contributed by atoms with E-state index in [1.54, 1.807) is 23.6 Å². The minimum atomic E-state index is -4.56. The molecule has 0 aliphatic carbocycles. The van der Waals surface area contributed by atoms with Crippen LogP contribution in [0.15, 0.2) is 40.2 Å². The zero-order valence-corrected chi connectivity index (χ0v) is 17.5. The van der Waals surface area contributed by atoms with E-state index in [2.05, 4.69) is 21.4 Å². The minimum absolute atomic E-state index is 0.000825. The van der Waals surface area contributed by atoms with Gasteiger partial charge in [-0.05, 0) is 37.6 Å². The molecule has 0 aromatic carbocycles. The molecule has 7 nitrogen and oxygen atoms in total. The second-order valence-corrected chi connectivity index (χ2v) is 7.64. The van der Waals surface area contributed by atoms with E-state index in [9.17, 15) is 23.2 Å². The third-order valence-corrected chi connectivity index (χ3v) is 5.44. The van der Waals surface area contributed by atoms with Gasteiger partial charge in [0.25, 0.3) is 0 Å². The van der Waals surface area contributed by atoms with Crippen LogP contribution in [0, 0.1) is 25.2 Å². The summed E-state index contributed by atoms with van der Waals surface area (Å²) in [5, 5.41) is 12.2. The molecule has 0 saturated heterocycles. The number of thioether (sulfide) groups is 1. The van der Waals surface area contributed by atoms with Gasteiger partial charge in [0.1, 0.15) is 23.3 Å². The van der Waals surface area contributed by atoms with E-state index in [0.29, 0.717) is 23.7 Å². The van der Waals surface area contributed by atoms with Crippen molar-refractivity contribution in [3.8, 4) is 6.07 Å². The van der Waals surface area contributed by atoms with Crippen LogP contribution >= 0.6 is 11.8 Å². The Morgan fingerprint density at radius 1 is 1.35 bits per heavy atom. The smallest absolute Gasteiger partial charge is 0.433 e. The molecule has 31 heavy (non-hydrogen) atoms. The SMILES string of the molecule is Cc1c(C#N)c(NC(=O)CCSc2nccc(C(F)(F)F)n2)n(Cc2ccco2)c1C. The topological polar surface area (TPSA) is 96.7 Å². The highest BCUT2D eigenvalue weighted by molar-refractivity contribution is 7.99. The van der Waals surface area contributed by atoms with Gasteiger partial charge in [0, 0.05) is 24.1 Å². The van der Waals surface area contributed by atoms with Crippen molar-refractivity contribution in [3.05, 3.63) is 58.9 Å². The molecule has 3 aromatic rings. The number of aromatic nitrogens is 3. The van der Waals surface area contributed by atoms with Gasteiger partial charge in [-0.2, -0.15) is 18.4 Å². The number of hydrogen-bond acceptors (Lipinski definition) is 6. The number of alkyl halides is 3. The normalized spacial score (nSPS) is 11.4. The Morgan fingerprint density at radius 3 is 2.77 bits per heavy atom. The highest BCUT2D eigenvalue weighted by atomic mass is 32.2. The Bertz CT molecular complexity index is 1120. The zero-order chi connectivity index (χ0) is 22.6. The molecule has 0 bridgehead atoms. The number of nitrogens with one attached hydrogen (secondary N) is 1. The summed E-state index contributed by atoms with van der Waals surface area (Å²) in [5.74, 6) is 0.815. The molecule has 3 rings (SSSR count). The third kappa shape index (κ3) is 5.27. The minimum Gasteiger partial charge on any atom is -0.467 e. The Balaban J connectivity index is 1.68. The van der Waals surface area contributed by atoms with Crippen LogP contribution in [-0.4, -0.2) is 26.2 Å². The van der Waals surface area contributed by atoms with Crippen molar-refractivity contribution >= 4 is 23.5 Å². The second-order valence-electron chi connectivity index (χ2n) is 6.58. The zero-order valence-electron chi connectivity index (χ0n) is 16.7. The summed E-state index contributed by atoms with van der Waals surface area (Å²) in [6.45, 7) is 3.97. The van der Waals surface area contributed by atoms with Crippen molar-refractivity contribution in [2.24, 2.45) is 0 Å². The molecule has 1 N–H and O–H groups in total. The first-order valence-corrected chi connectivity index (χ1v) is 10.1. The van der Waals surface area contributed by atoms with E-state index in [0.717, 1.165) is 35.3 Å². The predicted molar refractivity (Wildman–Crippen MR) is 107 cm³/mol. The van der Waals surface area contributed by atoms with Gasteiger partial charge in [-0.3, -0.25) is 4.79 Å². The summed E-state index contributed by atoms with van der Waals surface area (Å²) in [6, 6.07) is 6.44. The molecule has 11 heteroatoms. The van der Waals surface area contributed by atoms with Crippen molar-refractivity contribution in [2.75, 3.05) is 11.1 Å². The number of nitriles is 1. The summed E-state index contributed by atoms with van der Waals surface area (Å²) in [6.07, 6.45) is -1.99. The first-order valence-electron chi connectivity index (χ1n) is 9.15. The van der Waals surface area contributed by atoms with Gasteiger partial charge in [0.2, 0.25) is 5.91 Å². The summed E-state index contributed by atoms with van der Waals surface area (Å²) < 4.78 is 45.4. The molecule has 0 radical (unpaired) electrons. The molecule has 0 aliphatic rings. The first kappa shape index (κ1) is 22.4. The van der Waals surface area contributed by atoms with E-state index in [4.69, 9.17) is 4.42 Å². The number of amides is 1. The Labute approximate surface area is 180 Å². The number of carbonyl (C=O) groups is 1. The molecule has 0 spiro atoms. The van der Waals surface area contributed by atoms with Gasteiger partial charge in [0.15, 0.2) is 5.16 Å². The quantitative estimate of drug-likeness (QED) is 0.420. The molecule has 3 heterocycles. The largest absolute Gasteiger partial charge is 0.467 e. The maximum absolute atomic E-state index is 12.7. The van der Waals surface area contributed by atoms with Gasteiger partial charge in [-0.25, -0.2) is 9.97 Å². The lowest BCUT2D eigenvalue weighted by Crippen LogP contribution is -2.17. The van der Waals surface area contributed by atoms with Crippen LogP contribution in [0.3, 0.4) is 0 Å². The Kier molecular flexibility index (Phi) is 6.70. The van der Waals surface area contributed by atoms with Crippen molar-refractivity contribution in [1.29, 1.82) is 5.26 Å². The van der Waals surface area contributed by atoms with Crippen molar-refractivity contribution < 1.29 is 22.4 Å². The summed E-state index contributed by atoms with van der Waals surface area (Å²) in [7, 11) is 0. The molecule has 3 aromatic heterocycles. The maximum Gasteiger partial charge on any atom is 0.433 e. The third-order valence-electron chi connectivity index (χ3n) is 4.58.